The highest BCUT2D eigenvalue weighted by molar-refractivity contribution is 5.94. The monoisotopic (exact) mass is 380 g/mol. The maximum Gasteiger partial charge on any atom is 0.270 e. The van der Waals surface area contributed by atoms with Gasteiger partial charge < -0.3 is 10.2 Å². The van der Waals surface area contributed by atoms with E-state index in [1.807, 2.05) is 0 Å². The molecule has 7 nitrogen and oxygen atoms in total. The van der Waals surface area contributed by atoms with Crippen molar-refractivity contribution in [1.82, 2.24) is 29.8 Å². The van der Waals surface area contributed by atoms with Gasteiger partial charge in [-0.3, -0.25) is 4.79 Å². The highest BCUT2D eigenvalue weighted by atomic mass is 19.1. The van der Waals surface area contributed by atoms with E-state index < -0.39 is 0 Å². The fourth-order valence-corrected chi connectivity index (χ4v) is 4.53. The summed E-state index contributed by atoms with van der Waals surface area (Å²) in [6.45, 7) is 0. The molecule has 2 fully saturated rings. The highest BCUT2D eigenvalue weighted by Gasteiger charge is 2.39. The fraction of sp³-hybridized carbons (Fsp3) is 0.400. The van der Waals surface area contributed by atoms with E-state index in [1.165, 1.54) is 35.8 Å². The minimum atomic E-state index is -0.317. The highest BCUT2D eigenvalue weighted by Crippen LogP contribution is 2.34. The van der Waals surface area contributed by atoms with Crippen molar-refractivity contribution in [3.63, 3.8) is 0 Å². The number of benzene rings is 1. The molecular formula is C20H21FN6O. The van der Waals surface area contributed by atoms with Gasteiger partial charge in [-0.1, -0.05) is 0 Å². The molecule has 3 aromatic rings. The van der Waals surface area contributed by atoms with Crippen LogP contribution in [-0.2, 0) is 0 Å². The standard InChI is InChI=1S/C20H21FN6O/c1-26-15-6-7-16(26)9-14(8-15)24-19(28)18-10-17(12-2-4-13(21)5-3-12)25-20-22-11-23-27(18)20/h2-5,10-11,14-16H,6-9H2,1H3,(H,24,28). The van der Waals surface area contributed by atoms with Crippen LogP contribution in [-0.4, -0.2) is 55.6 Å². The fourth-order valence-electron chi connectivity index (χ4n) is 4.53. The van der Waals surface area contributed by atoms with Crippen molar-refractivity contribution < 1.29 is 9.18 Å². The third-order valence-electron chi connectivity index (χ3n) is 6.06. The van der Waals surface area contributed by atoms with Crippen molar-refractivity contribution in [3.8, 4) is 11.3 Å². The lowest BCUT2D eigenvalue weighted by atomic mass is 9.98. The molecule has 0 saturated carbocycles. The second-order valence-corrected chi connectivity index (χ2v) is 7.70. The zero-order valence-electron chi connectivity index (χ0n) is 15.5. The third-order valence-corrected chi connectivity index (χ3v) is 6.06. The quantitative estimate of drug-likeness (QED) is 0.755. The van der Waals surface area contributed by atoms with Gasteiger partial charge in [0.1, 0.15) is 17.8 Å². The molecular weight excluding hydrogens is 359 g/mol. The second kappa shape index (κ2) is 6.63. The Morgan fingerprint density at radius 3 is 2.61 bits per heavy atom. The summed E-state index contributed by atoms with van der Waals surface area (Å²) < 4.78 is 14.7. The Kier molecular flexibility index (Phi) is 4.08. The van der Waals surface area contributed by atoms with Gasteiger partial charge in [-0.25, -0.2) is 9.37 Å². The smallest absolute Gasteiger partial charge is 0.270 e. The summed E-state index contributed by atoms with van der Waals surface area (Å²) in [6.07, 6.45) is 5.71. The van der Waals surface area contributed by atoms with Crippen LogP contribution in [0.5, 0.6) is 0 Å². The summed E-state index contributed by atoms with van der Waals surface area (Å²) in [5.41, 5.74) is 1.67. The number of piperidine rings is 1. The molecule has 2 saturated heterocycles. The lowest BCUT2D eigenvalue weighted by molar-refractivity contribution is 0.0875. The first kappa shape index (κ1) is 17.2. The van der Waals surface area contributed by atoms with E-state index in [-0.39, 0.29) is 17.8 Å². The number of nitrogens with zero attached hydrogens (tertiary/aromatic N) is 5. The van der Waals surface area contributed by atoms with E-state index in [2.05, 4.69) is 32.3 Å². The van der Waals surface area contributed by atoms with Gasteiger partial charge in [-0.15, -0.1) is 0 Å². The van der Waals surface area contributed by atoms with Crippen LogP contribution in [0.4, 0.5) is 4.39 Å². The Morgan fingerprint density at radius 2 is 1.89 bits per heavy atom. The van der Waals surface area contributed by atoms with Crippen LogP contribution >= 0.6 is 0 Å². The molecule has 2 unspecified atom stereocenters. The van der Waals surface area contributed by atoms with Crippen molar-refractivity contribution in [2.24, 2.45) is 0 Å². The molecule has 2 aliphatic rings. The summed E-state index contributed by atoms with van der Waals surface area (Å²) in [5, 5.41) is 7.33. The van der Waals surface area contributed by atoms with Crippen molar-refractivity contribution in [1.29, 1.82) is 0 Å². The molecule has 0 spiro atoms. The van der Waals surface area contributed by atoms with E-state index in [9.17, 15) is 9.18 Å². The molecule has 8 heteroatoms. The van der Waals surface area contributed by atoms with E-state index >= 15 is 0 Å². The first-order valence-electron chi connectivity index (χ1n) is 9.58. The number of fused-ring (bicyclic) bond motifs is 3. The largest absolute Gasteiger partial charge is 0.348 e. The van der Waals surface area contributed by atoms with Crippen molar-refractivity contribution in [2.75, 3.05) is 7.05 Å². The molecule has 2 aromatic heterocycles. The van der Waals surface area contributed by atoms with Crippen molar-refractivity contribution >= 4 is 11.7 Å². The lowest BCUT2D eigenvalue weighted by Gasteiger charge is -2.36. The maximum absolute atomic E-state index is 13.3. The topological polar surface area (TPSA) is 75.4 Å². The molecule has 144 valence electrons. The number of carbonyl (C=O) groups excluding carboxylic acids is 1. The number of amides is 1. The zero-order chi connectivity index (χ0) is 19.3. The van der Waals surface area contributed by atoms with Crippen LogP contribution in [0.15, 0.2) is 36.7 Å². The summed E-state index contributed by atoms with van der Waals surface area (Å²) in [6, 6.07) is 8.96. The minimum Gasteiger partial charge on any atom is -0.348 e. The van der Waals surface area contributed by atoms with Crippen LogP contribution in [0.1, 0.15) is 36.2 Å². The Morgan fingerprint density at radius 1 is 1.18 bits per heavy atom. The minimum absolute atomic E-state index is 0.155. The first-order valence-corrected chi connectivity index (χ1v) is 9.58. The molecule has 0 aliphatic carbocycles. The number of hydrogen-bond donors (Lipinski definition) is 1. The number of halogens is 1. The Bertz CT molecular complexity index is 1020. The summed E-state index contributed by atoms with van der Waals surface area (Å²) in [4.78, 5) is 24.1. The summed E-state index contributed by atoms with van der Waals surface area (Å²) in [5.74, 6) is -0.159. The molecule has 2 aliphatic heterocycles. The predicted molar refractivity (Wildman–Crippen MR) is 101 cm³/mol. The normalized spacial score (nSPS) is 24.6. The van der Waals surface area contributed by atoms with Crippen LogP contribution in [0, 0.1) is 5.82 Å². The molecule has 1 aromatic carbocycles. The molecule has 1 amide bonds. The van der Waals surface area contributed by atoms with Gasteiger partial charge in [-0.05, 0) is 63.1 Å². The van der Waals surface area contributed by atoms with E-state index in [0.717, 1.165) is 18.4 Å². The van der Waals surface area contributed by atoms with Crippen LogP contribution in [0.2, 0.25) is 0 Å². The van der Waals surface area contributed by atoms with Gasteiger partial charge in [0, 0.05) is 23.7 Å². The summed E-state index contributed by atoms with van der Waals surface area (Å²) >= 11 is 0. The number of rotatable bonds is 3. The van der Waals surface area contributed by atoms with Crippen LogP contribution < -0.4 is 5.32 Å². The molecule has 5 rings (SSSR count). The molecule has 2 atom stereocenters. The van der Waals surface area contributed by atoms with Gasteiger partial charge in [0.15, 0.2) is 0 Å². The van der Waals surface area contributed by atoms with Gasteiger partial charge >= 0.3 is 0 Å². The molecule has 2 bridgehead atoms. The van der Waals surface area contributed by atoms with Crippen molar-refractivity contribution in [2.45, 2.75) is 43.8 Å². The van der Waals surface area contributed by atoms with E-state index in [1.54, 1.807) is 18.2 Å². The molecule has 4 heterocycles. The first-order chi connectivity index (χ1) is 13.6. The van der Waals surface area contributed by atoms with Gasteiger partial charge in [-0.2, -0.15) is 14.6 Å². The number of carbonyl (C=O) groups is 1. The van der Waals surface area contributed by atoms with Gasteiger partial charge in [0.25, 0.3) is 11.7 Å². The number of hydrogen-bond acceptors (Lipinski definition) is 5. The van der Waals surface area contributed by atoms with Crippen molar-refractivity contribution in [3.05, 3.63) is 48.2 Å². The molecule has 0 radical (unpaired) electrons. The average Bonchev–Trinajstić information content (AvgIpc) is 3.22. The SMILES string of the molecule is CN1C2CCC1CC(NC(=O)c1cc(-c3ccc(F)cc3)nc3ncnn13)C2. The Balaban J connectivity index is 1.45. The lowest BCUT2D eigenvalue weighted by Crippen LogP contribution is -2.49. The van der Waals surface area contributed by atoms with Gasteiger partial charge in [0.05, 0.1) is 5.69 Å². The second-order valence-electron chi connectivity index (χ2n) is 7.70. The molecule has 28 heavy (non-hydrogen) atoms. The Labute approximate surface area is 161 Å². The van der Waals surface area contributed by atoms with Crippen LogP contribution in [0.3, 0.4) is 0 Å². The van der Waals surface area contributed by atoms with E-state index in [4.69, 9.17) is 0 Å². The predicted octanol–water partition coefficient (Wildman–Crippen LogP) is 2.29. The number of nitrogens with one attached hydrogen (secondary N) is 1. The molecule has 1 N–H and O–H groups in total. The van der Waals surface area contributed by atoms with Gasteiger partial charge in [0.2, 0.25) is 0 Å². The van der Waals surface area contributed by atoms with E-state index in [0.29, 0.717) is 29.2 Å². The third kappa shape index (κ3) is 2.93. The average molecular weight is 380 g/mol. The zero-order valence-corrected chi connectivity index (χ0v) is 15.5. The number of aromatic nitrogens is 4. The Hall–Kier alpha value is -2.87. The van der Waals surface area contributed by atoms with Crippen LogP contribution in [0.25, 0.3) is 17.0 Å². The summed E-state index contributed by atoms with van der Waals surface area (Å²) in [7, 11) is 2.18. The maximum atomic E-state index is 13.3.